The number of carbonyl (C=O) groups is 1. The highest BCUT2D eigenvalue weighted by atomic mass is 32.1. The number of thiophene rings is 1. The van der Waals surface area contributed by atoms with Crippen LogP contribution in [0.1, 0.15) is 29.3 Å². The molecule has 0 bridgehead atoms. The summed E-state index contributed by atoms with van der Waals surface area (Å²) < 4.78 is 0. The van der Waals surface area contributed by atoms with Crippen molar-refractivity contribution < 1.29 is 4.79 Å². The van der Waals surface area contributed by atoms with Crippen LogP contribution in [0.25, 0.3) is 0 Å². The number of benzene rings is 1. The van der Waals surface area contributed by atoms with Crippen molar-refractivity contribution in [2.45, 2.75) is 38.8 Å². The van der Waals surface area contributed by atoms with Gasteiger partial charge in [0.1, 0.15) is 0 Å². The second kappa shape index (κ2) is 6.97. The Bertz CT molecular complexity index is 623. The number of nitrogens with zero attached hydrogens (tertiary/aromatic N) is 1. The summed E-state index contributed by atoms with van der Waals surface area (Å²) >= 11 is 1.80. The van der Waals surface area contributed by atoms with E-state index in [4.69, 9.17) is 0 Å². The third-order valence-electron chi connectivity index (χ3n) is 4.17. The Balaban J connectivity index is 1.47. The van der Waals surface area contributed by atoms with Gasteiger partial charge in [0, 0.05) is 24.0 Å². The van der Waals surface area contributed by atoms with Gasteiger partial charge in [-0.15, -0.1) is 11.3 Å². The van der Waals surface area contributed by atoms with Gasteiger partial charge in [0.15, 0.2) is 0 Å². The lowest BCUT2D eigenvalue weighted by Gasteiger charge is -2.28. The van der Waals surface area contributed by atoms with E-state index < -0.39 is 0 Å². The zero-order valence-electron chi connectivity index (χ0n) is 12.9. The summed E-state index contributed by atoms with van der Waals surface area (Å²) in [5.41, 5.74) is 2.63. The van der Waals surface area contributed by atoms with Crippen LogP contribution in [0.4, 0.5) is 4.79 Å². The number of amides is 2. The zero-order valence-corrected chi connectivity index (χ0v) is 13.7. The van der Waals surface area contributed by atoms with Gasteiger partial charge in [0.05, 0.1) is 0 Å². The van der Waals surface area contributed by atoms with Crippen molar-refractivity contribution >= 4 is 17.4 Å². The average Bonchev–Trinajstić information content (AvgIpc) is 3.01. The minimum atomic E-state index is 0.0670. The van der Waals surface area contributed by atoms with E-state index in [0.717, 1.165) is 32.4 Å². The molecule has 3 rings (SSSR count). The fourth-order valence-corrected chi connectivity index (χ4v) is 3.71. The molecule has 0 saturated heterocycles. The third-order valence-corrected chi connectivity index (χ3v) is 5.20. The van der Waals surface area contributed by atoms with Crippen LogP contribution in [0.2, 0.25) is 0 Å². The van der Waals surface area contributed by atoms with E-state index >= 15 is 0 Å². The zero-order chi connectivity index (χ0) is 15.4. The number of hydrogen-bond acceptors (Lipinski definition) is 2. The lowest BCUT2D eigenvalue weighted by Crippen LogP contribution is -2.45. The Labute approximate surface area is 136 Å². The maximum Gasteiger partial charge on any atom is 0.317 e. The summed E-state index contributed by atoms with van der Waals surface area (Å²) in [6, 6.07) is 12.8. The molecule has 2 amide bonds. The number of hydrogen-bond donors (Lipinski definition) is 1. The normalized spacial score (nSPS) is 15.2. The summed E-state index contributed by atoms with van der Waals surface area (Å²) in [6.07, 6.45) is 2.95. The van der Waals surface area contributed by atoms with Crippen molar-refractivity contribution in [3.63, 3.8) is 0 Å². The third kappa shape index (κ3) is 3.69. The van der Waals surface area contributed by atoms with Crippen LogP contribution in [-0.2, 0) is 19.4 Å². The predicted molar refractivity (Wildman–Crippen MR) is 91.2 cm³/mol. The first-order valence-electron chi connectivity index (χ1n) is 7.87. The van der Waals surface area contributed by atoms with Crippen LogP contribution in [0, 0.1) is 0 Å². The summed E-state index contributed by atoms with van der Waals surface area (Å²) in [5, 5.41) is 5.25. The van der Waals surface area contributed by atoms with E-state index in [9.17, 15) is 4.79 Å². The molecule has 1 atom stereocenters. The number of fused-ring (bicyclic) bond motifs is 1. The SMILES string of the molecule is CC(CCc1ccccc1)NC(=O)N1CCc2sccc2C1. The smallest absolute Gasteiger partial charge is 0.317 e. The molecular formula is C18H22N2OS. The summed E-state index contributed by atoms with van der Waals surface area (Å²) in [6.45, 7) is 3.65. The minimum absolute atomic E-state index is 0.0670. The minimum Gasteiger partial charge on any atom is -0.336 e. The summed E-state index contributed by atoms with van der Waals surface area (Å²) in [7, 11) is 0. The molecule has 0 radical (unpaired) electrons. The molecule has 22 heavy (non-hydrogen) atoms. The van der Waals surface area contributed by atoms with Crippen molar-refractivity contribution in [2.24, 2.45) is 0 Å². The standard InChI is InChI=1S/C18H22N2OS/c1-14(7-8-15-5-3-2-4-6-15)19-18(21)20-11-9-17-16(13-20)10-12-22-17/h2-6,10,12,14H,7-9,11,13H2,1H3,(H,19,21). The van der Waals surface area contributed by atoms with Gasteiger partial charge in [-0.1, -0.05) is 30.3 Å². The molecular weight excluding hydrogens is 292 g/mol. The molecule has 1 unspecified atom stereocenters. The van der Waals surface area contributed by atoms with Crippen LogP contribution in [0.3, 0.4) is 0 Å². The topological polar surface area (TPSA) is 32.3 Å². The van der Waals surface area contributed by atoms with Gasteiger partial charge in [0.25, 0.3) is 0 Å². The Kier molecular flexibility index (Phi) is 4.78. The second-order valence-electron chi connectivity index (χ2n) is 5.92. The van der Waals surface area contributed by atoms with Gasteiger partial charge in [-0.05, 0) is 48.8 Å². The van der Waals surface area contributed by atoms with E-state index in [2.05, 4.69) is 48.0 Å². The Morgan fingerprint density at radius 3 is 2.95 bits per heavy atom. The van der Waals surface area contributed by atoms with Gasteiger partial charge < -0.3 is 10.2 Å². The van der Waals surface area contributed by atoms with Crippen LogP contribution in [0.5, 0.6) is 0 Å². The van der Waals surface area contributed by atoms with Gasteiger partial charge in [0.2, 0.25) is 0 Å². The molecule has 116 valence electrons. The van der Waals surface area contributed by atoms with Gasteiger partial charge in [-0.25, -0.2) is 4.79 Å². The van der Waals surface area contributed by atoms with Crippen molar-refractivity contribution in [3.05, 3.63) is 57.8 Å². The van der Waals surface area contributed by atoms with Crippen molar-refractivity contribution in [1.82, 2.24) is 10.2 Å². The average molecular weight is 314 g/mol. The number of nitrogens with one attached hydrogen (secondary N) is 1. The summed E-state index contributed by atoms with van der Waals surface area (Å²) in [4.78, 5) is 15.7. The van der Waals surface area contributed by atoms with E-state index in [1.807, 2.05) is 11.0 Å². The fraction of sp³-hybridized carbons (Fsp3) is 0.389. The first-order chi connectivity index (χ1) is 10.7. The molecule has 1 aliphatic heterocycles. The molecule has 3 nitrogen and oxygen atoms in total. The van der Waals surface area contributed by atoms with Crippen LogP contribution < -0.4 is 5.32 Å². The van der Waals surface area contributed by atoms with Crippen LogP contribution in [-0.4, -0.2) is 23.5 Å². The molecule has 4 heteroatoms. The maximum atomic E-state index is 12.4. The van der Waals surface area contributed by atoms with E-state index in [-0.39, 0.29) is 12.1 Å². The molecule has 1 aromatic carbocycles. The number of urea groups is 1. The largest absolute Gasteiger partial charge is 0.336 e. The number of rotatable bonds is 4. The van der Waals surface area contributed by atoms with Gasteiger partial charge >= 0.3 is 6.03 Å². The van der Waals surface area contributed by atoms with Crippen molar-refractivity contribution in [2.75, 3.05) is 6.54 Å². The number of aryl methyl sites for hydroxylation is 1. The van der Waals surface area contributed by atoms with E-state index in [1.54, 1.807) is 11.3 Å². The van der Waals surface area contributed by atoms with Crippen molar-refractivity contribution in [3.8, 4) is 0 Å². The van der Waals surface area contributed by atoms with Crippen LogP contribution >= 0.6 is 11.3 Å². The molecule has 0 spiro atoms. The molecule has 0 saturated carbocycles. The molecule has 0 aliphatic carbocycles. The van der Waals surface area contributed by atoms with Gasteiger partial charge in [-0.3, -0.25) is 0 Å². The highest BCUT2D eigenvalue weighted by Gasteiger charge is 2.22. The first-order valence-corrected chi connectivity index (χ1v) is 8.75. The quantitative estimate of drug-likeness (QED) is 0.914. The Morgan fingerprint density at radius 1 is 1.32 bits per heavy atom. The molecule has 1 N–H and O–H groups in total. The second-order valence-corrected chi connectivity index (χ2v) is 6.92. The van der Waals surface area contributed by atoms with E-state index in [1.165, 1.54) is 16.0 Å². The molecule has 1 aromatic heterocycles. The molecule has 1 aliphatic rings. The number of carbonyl (C=O) groups excluding carboxylic acids is 1. The van der Waals surface area contributed by atoms with E-state index in [0.29, 0.717) is 0 Å². The lowest BCUT2D eigenvalue weighted by molar-refractivity contribution is 0.189. The van der Waals surface area contributed by atoms with Crippen molar-refractivity contribution in [1.29, 1.82) is 0 Å². The van der Waals surface area contributed by atoms with Crippen LogP contribution in [0.15, 0.2) is 41.8 Å². The maximum absolute atomic E-state index is 12.4. The highest BCUT2D eigenvalue weighted by Crippen LogP contribution is 2.23. The summed E-state index contributed by atoms with van der Waals surface area (Å²) in [5.74, 6) is 0. The lowest BCUT2D eigenvalue weighted by atomic mass is 10.1. The fourth-order valence-electron chi connectivity index (χ4n) is 2.82. The monoisotopic (exact) mass is 314 g/mol. The molecule has 2 aromatic rings. The Hall–Kier alpha value is -1.81. The first kappa shape index (κ1) is 15.1. The predicted octanol–water partition coefficient (Wildman–Crippen LogP) is 3.84. The molecule has 2 heterocycles. The highest BCUT2D eigenvalue weighted by molar-refractivity contribution is 7.10. The Morgan fingerprint density at radius 2 is 2.14 bits per heavy atom. The van der Waals surface area contributed by atoms with Gasteiger partial charge in [-0.2, -0.15) is 0 Å². The molecule has 0 fully saturated rings.